The molecule has 3 aromatic rings. The van der Waals surface area contributed by atoms with Gasteiger partial charge in [0.05, 0.1) is 37.4 Å². The summed E-state index contributed by atoms with van der Waals surface area (Å²) in [5.41, 5.74) is 6.02. The summed E-state index contributed by atoms with van der Waals surface area (Å²) >= 11 is 5.88. The van der Waals surface area contributed by atoms with Crippen LogP contribution in [0.4, 0.5) is 5.82 Å². The molecule has 1 aliphatic heterocycles. The highest BCUT2D eigenvalue weighted by atomic mass is 35.5. The number of rotatable bonds is 5. The zero-order valence-electron chi connectivity index (χ0n) is 15.5. The smallest absolute Gasteiger partial charge is 0.288 e. The van der Waals surface area contributed by atoms with Crippen LogP contribution in [0.1, 0.15) is 0 Å². The summed E-state index contributed by atoms with van der Waals surface area (Å²) in [7, 11) is -3.98. The van der Waals surface area contributed by atoms with Crippen LogP contribution in [0.5, 0.6) is 0 Å². The Hall–Kier alpha value is -2.40. The van der Waals surface area contributed by atoms with Crippen LogP contribution in [-0.2, 0) is 21.1 Å². The number of halogens is 1. The van der Waals surface area contributed by atoms with Crippen LogP contribution in [0, 0.1) is 0 Å². The number of H-pyrrole nitrogens is 1. The predicted molar refractivity (Wildman–Crippen MR) is 108 cm³/mol. The summed E-state index contributed by atoms with van der Waals surface area (Å²) in [6, 6.07) is 5.82. The number of quaternary nitrogens is 1. The summed E-state index contributed by atoms with van der Waals surface area (Å²) < 4.78 is 33.6. The molecule has 0 atom stereocenters. The van der Waals surface area contributed by atoms with E-state index in [1.807, 2.05) is 0 Å². The molecule has 1 fully saturated rings. The molecule has 0 radical (unpaired) electrons. The monoisotopic (exact) mass is 438 g/mol. The van der Waals surface area contributed by atoms with Crippen molar-refractivity contribution in [2.24, 2.45) is 0 Å². The van der Waals surface area contributed by atoms with Crippen molar-refractivity contribution in [1.29, 1.82) is 0 Å². The van der Waals surface area contributed by atoms with Crippen molar-refractivity contribution in [2.45, 2.75) is 16.3 Å². The number of ether oxygens (including phenoxy) is 1. The van der Waals surface area contributed by atoms with Crippen LogP contribution in [-0.4, -0.2) is 56.0 Å². The summed E-state index contributed by atoms with van der Waals surface area (Å²) in [6.07, 6.45) is 1.33. The number of aromatic amines is 1. The molecule has 4 N–H and O–H groups in total. The normalized spacial score (nSPS) is 15.8. The third-order valence-corrected chi connectivity index (χ3v) is 7.26. The molecule has 1 aromatic carbocycles. The standard InChI is InChI=1S/C18H20ClN5O4S/c19-12-1-3-13(4-2-12)29(26,27)16-14-11-21-22-18(25)15(14)24(17(16)20)6-5-23-7-9-28-10-8-23/h1-4,11H,5-10,20H2,(H,22,25)/p+1. The molecule has 1 saturated heterocycles. The van der Waals surface area contributed by atoms with Gasteiger partial charge in [-0.2, -0.15) is 5.10 Å². The van der Waals surface area contributed by atoms with Gasteiger partial charge in [-0.3, -0.25) is 4.79 Å². The van der Waals surface area contributed by atoms with Crippen molar-refractivity contribution in [3.05, 3.63) is 45.8 Å². The molecule has 0 saturated carbocycles. The van der Waals surface area contributed by atoms with Crippen molar-refractivity contribution in [2.75, 3.05) is 38.6 Å². The molecule has 29 heavy (non-hydrogen) atoms. The van der Waals surface area contributed by atoms with E-state index in [-0.39, 0.29) is 26.5 Å². The van der Waals surface area contributed by atoms with Gasteiger partial charge in [0.25, 0.3) is 5.56 Å². The number of aromatic nitrogens is 3. The fraction of sp³-hybridized carbons (Fsp3) is 0.333. The van der Waals surface area contributed by atoms with Gasteiger partial charge in [-0.25, -0.2) is 13.5 Å². The van der Waals surface area contributed by atoms with Crippen molar-refractivity contribution < 1.29 is 18.1 Å². The quantitative estimate of drug-likeness (QED) is 0.502. The Morgan fingerprint density at radius 1 is 1.24 bits per heavy atom. The largest absolute Gasteiger partial charge is 0.384 e. The van der Waals surface area contributed by atoms with Gasteiger partial charge >= 0.3 is 0 Å². The SMILES string of the molecule is Nc1c(S(=O)(=O)c2ccc(Cl)cc2)c2cn[nH]c(=O)c2n1CC[NH+]1CCOCC1. The van der Waals surface area contributed by atoms with Crippen LogP contribution < -0.4 is 16.2 Å². The second-order valence-electron chi connectivity index (χ2n) is 6.90. The van der Waals surface area contributed by atoms with Gasteiger partial charge < -0.3 is 19.9 Å². The molecule has 0 unspecified atom stereocenters. The first-order valence-electron chi connectivity index (χ1n) is 9.17. The minimum Gasteiger partial charge on any atom is -0.384 e. The summed E-state index contributed by atoms with van der Waals surface area (Å²) in [6.45, 7) is 4.16. The number of morpholine rings is 1. The molecule has 0 amide bonds. The maximum atomic E-state index is 13.3. The minimum atomic E-state index is -3.98. The van der Waals surface area contributed by atoms with Gasteiger partial charge in [-0.05, 0) is 24.3 Å². The van der Waals surface area contributed by atoms with Crippen molar-refractivity contribution in [1.82, 2.24) is 14.8 Å². The number of hydrogen-bond acceptors (Lipinski definition) is 6. The van der Waals surface area contributed by atoms with Crippen LogP contribution in [0.2, 0.25) is 5.02 Å². The van der Waals surface area contributed by atoms with Crippen LogP contribution in [0.25, 0.3) is 10.9 Å². The molecule has 154 valence electrons. The summed E-state index contributed by atoms with van der Waals surface area (Å²) in [5, 5.41) is 6.78. The number of sulfone groups is 1. The van der Waals surface area contributed by atoms with Crippen molar-refractivity contribution >= 4 is 38.2 Å². The topological polar surface area (TPSA) is 125 Å². The third kappa shape index (κ3) is 3.64. The van der Waals surface area contributed by atoms with E-state index in [1.165, 1.54) is 35.4 Å². The van der Waals surface area contributed by atoms with Crippen LogP contribution in [0.15, 0.2) is 45.0 Å². The van der Waals surface area contributed by atoms with E-state index in [9.17, 15) is 13.2 Å². The van der Waals surface area contributed by atoms with Crippen molar-refractivity contribution in [3.63, 3.8) is 0 Å². The molecular weight excluding hydrogens is 418 g/mol. The predicted octanol–water partition coefficient (Wildman–Crippen LogP) is -0.292. The fourth-order valence-corrected chi connectivity index (χ4v) is 5.31. The Kier molecular flexibility index (Phi) is 5.34. The highest BCUT2D eigenvalue weighted by molar-refractivity contribution is 7.92. The van der Waals surface area contributed by atoms with Gasteiger partial charge in [-0.1, -0.05) is 11.6 Å². The van der Waals surface area contributed by atoms with E-state index in [0.717, 1.165) is 13.1 Å². The molecule has 9 nitrogen and oxygen atoms in total. The van der Waals surface area contributed by atoms with Gasteiger partial charge in [0, 0.05) is 10.4 Å². The molecule has 3 heterocycles. The highest BCUT2D eigenvalue weighted by Crippen LogP contribution is 2.34. The van der Waals surface area contributed by atoms with E-state index in [4.69, 9.17) is 22.1 Å². The van der Waals surface area contributed by atoms with Gasteiger partial charge in [0.1, 0.15) is 29.3 Å². The van der Waals surface area contributed by atoms with Crippen LogP contribution >= 0.6 is 11.6 Å². The Labute approximate surface area is 171 Å². The lowest BCUT2D eigenvalue weighted by molar-refractivity contribution is -0.908. The van der Waals surface area contributed by atoms with Gasteiger partial charge in [0.15, 0.2) is 0 Å². The third-order valence-electron chi connectivity index (χ3n) is 5.15. The lowest BCUT2D eigenvalue weighted by Gasteiger charge is -2.24. The van der Waals surface area contributed by atoms with Crippen molar-refractivity contribution in [3.8, 4) is 0 Å². The number of fused-ring (bicyclic) bond motifs is 1. The van der Waals surface area contributed by atoms with E-state index in [2.05, 4.69) is 10.2 Å². The molecule has 11 heteroatoms. The first kappa shape index (κ1) is 19.9. The highest BCUT2D eigenvalue weighted by Gasteiger charge is 2.30. The lowest BCUT2D eigenvalue weighted by Crippen LogP contribution is -3.14. The second-order valence-corrected chi connectivity index (χ2v) is 9.22. The Bertz CT molecular complexity index is 1200. The summed E-state index contributed by atoms with van der Waals surface area (Å²) in [5.74, 6) is 0.0288. The molecule has 1 aliphatic rings. The molecule has 2 aromatic heterocycles. The van der Waals surface area contributed by atoms with Gasteiger partial charge in [0.2, 0.25) is 9.84 Å². The number of nitrogen functional groups attached to an aromatic ring is 1. The zero-order valence-corrected chi connectivity index (χ0v) is 17.1. The average molecular weight is 439 g/mol. The Morgan fingerprint density at radius 3 is 2.62 bits per heavy atom. The van der Waals surface area contributed by atoms with E-state index < -0.39 is 15.4 Å². The van der Waals surface area contributed by atoms with E-state index in [1.54, 1.807) is 4.57 Å². The first-order chi connectivity index (χ1) is 13.9. The lowest BCUT2D eigenvalue weighted by atomic mass is 10.3. The maximum Gasteiger partial charge on any atom is 0.288 e. The van der Waals surface area contributed by atoms with Crippen LogP contribution in [0.3, 0.4) is 0 Å². The van der Waals surface area contributed by atoms with E-state index >= 15 is 0 Å². The molecule has 0 aliphatic carbocycles. The second kappa shape index (κ2) is 7.79. The zero-order chi connectivity index (χ0) is 20.6. The number of nitrogens with zero attached hydrogens (tertiary/aromatic N) is 2. The number of anilines is 1. The number of nitrogens with two attached hydrogens (primary N) is 1. The summed E-state index contributed by atoms with van der Waals surface area (Å²) in [4.78, 5) is 13.7. The fourth-order valence-electron chi connectivity index (χ4n) is 3.63. The molecular formula is C18H21ClN5O4S+. The molecule has 0 spiro atoms. The maximum absolute atomic E-state index is 13.3. The Morgan fingerprint density at radius 2 is 1.93 bits per heavy atom. The van der Waals surface area contributed by atoms with E-state index in [0.29, 0.717) is 31.3 Å². The number of nitrogens with one attached hydrogen (secondary N) is 2. The molecule has 0 bridgehead atoms. The number of hydrogen-bond donors (Lipinski definition) is 3. The molecule has 4 rings (SSSR count). The first-order valence-corrected chi connectivity index (χ1v) is 11.0. The minimum absolute atomic E-state index is 0.0288. The average Bonchev–Trinajstić information content (AvgIpc) is 3.00. The number of benzene rings is 1. The Balaban J connectivity index is 1.82. The van der Waals surface area contributed by atoms with Gasteiger partial charge in [-0.15, -0.1) is 0 Å².